The molecule has 4 nitrogen and oxygen atoms in total. The van der Waals surface area contributed by atoms with Crippen LogP contribution in [-0.2, 0) is 0 Å². The molecule has 1 aromatic rings. The summed E-state index contributed by atoms with van der Waals surface area (Å²) in [5.74, 6) is -1.10. The van der Waals surface area contributed by atoms with Crippen molar-refractivity contribution in [3.63, 3.8) is 0 Å². The molecule has 5 heteroatoms. The Hall–Kier alpha value is -1.62. The smallest absolute Gasteiger partial charge is 0.256 e. The highest BCUT2D eigenvalue weighted by Gasteiger charge is 2.32. The van der Waals surface area contributed by atoms with Crippen LogP contribution in [0.3, 0.4) is 0 Å². The summed E-state index contributed by atoms with van der Waals surface area (Å²) in [5, 5.41) is 9.16. The number of piperazine rings is 1. The highest BCUT2D eigenvalue weighted by Crippen LogP contribution is 2.27. The van der Waals surface area contributed by atoms with E-state index in [1.54, 1.807) is 4.90 Å². The molecule has 1 N–H and O–H groups in total. The summed E-state index contributed by atoms with van der Waals surface area (Å²) in [7, 11) is 0. The minimum absolute atomic E-state index is 0.0395. The van der Waals surface area contributed by atoms with E-state index >= 15 is 0 Å². The monoisotopic (exact) mass is 264 g/mol. The van der Waals surface area contributed by atoms with Crippen molar-refractivity contribution in [1.29, 1.82) is 0 Å². The molecule has 0 bridgehead atoms. The Morgan fingerprint density at radius 1 is 1.21 bits per heavy atom. The van der Waals surface area contributed by atoms with E-state index in [9.17, 15) is 9.18 Å². The molecule has 1 heterocycles. The molecule has 0 radical (unpaired) electrons. The van der Waals surface area contributed by atoms with Gasteiger partial charge in [-0.25, -0.2) is 4.39 Å². The van der Waals surface area contributed by atoms with Gasteiger partial charge in [0.25, 0.3) is 5.91 Å². The summed E-state index contributed by atoms with van der Waals surface area (Å²) < 4.78 is 13.7. The molecule has 1 aromatic carbocycles. The second-order valence-electron chi connectivity index (χ2n) is 5.22. The summed E-state index contributed by atoms with van der Waals surface area (Å²) in [6, 6.07) is 4.38. The van der Waals surface area contributed by atoms with Gasteiger partial charge in [0.05, 0.1) is 5.56 Å². The van der Waals surface area contributed by atoms with Crippen LogP contribution in [0.2, 0.25) is 0 Å². The summed E-state index contributed by atoms with van der Waals surface area (Å²) in [6.45, 7) is 3.04. The predicted octanol–water partition coefficient (Wildman–Crippen LogP) is 1.45. The molecule has 1 amide bonds. The number of halogens is 1. The molecule has 0 spiro atoms. The molecule has 19 heavy (non-hydrogen) atoms. The maximum atomic E-state index is 13.7. The van der Waals surface area contributed by atoms with Crippen LogP contribution >= 0.6 is 0 Å². The third-order valence-electron chi connectivity index (χ3n) is 3.85. The van der Waals surface area contributed by atoms with E-state index in [1.807, 2.05) is 0 Å². The van der Waals surface area contributed by atoms with Crippen LogP contribution < -0.4 is 0 Å². The first-order valence-electron chi connectivity index (χ1n) is 6.67. The number of hydrogen-bond donors (Lipinski definition) is 1. The van der Waals surface area contributed by atoms with Crippen LogP contribution in [0, 0.1) is 5.82 Å². The lowest BCUT2D eigenvalue weighted by Crippen LogP contribution is -2.49. The normalized spacial score (nSPS) is 20.6. The maximum Gasteiger partial charge on any atom is 0.256 e. The molecule has 102 valence electrons. The van der Waals surface area contributed by atoms with Crippen molar-refractivity contribution >= 4 is 5.91 Å². The lowest BCUT2D eigenvalue weighted by atomic mass is 10.1. The summed E-state index contributed by atoms with van der Waals surface area (Å²) in [5.41, 5.74) is 0.0395. The molecule has 2 aliphatic rings. The van der Waals surface area contributed by atoms with E-state index < -0.39 is 5.82 Å². The fourth-order valence-corrected chi connectivity index (χ4v) is 2.58. The predicted molar refractivity (Wildman–Crippen MR) is 68.6 cm³/mol. The van der Waals surface area contributed by atoms with Crippen LogP contribution in [-0.4, -0.2) is 53.0 Å². The summed E-state index contributed by atoms with van der Waals surface area (Å²) in [4.78, 5) is 16.3. The van der Waals surface area contributed by atoms with Gasteiger partial charge in [-0.05, 0) is 25.0 Å². The lowest BCUT2D eigenvalue weighted by molar-refractivity contribution is 0.0622. The molecular weight excluding hydrogens is 247 g/mol. The SMILES string of the molecule is O=C(c1ccc(O)cc1F)N1CCN(C2CC2)CC1. The minimum atomic E-state index is -0.658. The van der Waals surface area contributed by atoms with Crippen molar-refractivity contribution in [3.05, 3.63) is 29.6 Å². The van der Waals surface area contributed by atoms with Crippen molar-refractivity contribution in [2.24, 2.45) is 0 Å². The first-order valence-corrected chi connectivity index (χ1v) is 6.67. The van der Waals surface area contributed by atoms with Crippen LogP contribution in [0.5, 0.6) is 5.75 Å². The van der Waals surface area contributed by atoms with Gasteiger partial charge >= 0.3 is 0 Å². The topological polar surface area (TPSA) is 43.8 Å². The third kappa shape index (κ3) is 2.56. The van der Waals surface area contributed by atoms with Gasteiger partial charge in [-0.1, -0.05) is 0 Å². The Bertz CT molecular complexity index is 494. The van der Waals surface area contributed by atoms with Gasteiger partial charge in [0, 0.05) is 38.3 Å². The van der Waals surface area contributed by atoms with Crippen molar-refractivity contribution in [2.45, 2.75) is 18.9 Å². The number of carbonyl (C=O) groups is 1. The molecular formula is C14H17FN2O2. The number of benzene rings is 1. The second kappa shape index (κ2) is 4.81. The molecule has 1 aliphatic heterocycles. The molecule has 1 saturated carbocycles. The van der Waals surface area contributed by atoms with Crippen molar-refractivity contribution in [3.8, 4) is 5.75 Å². The Morgan fingerprint density at radius 2 is 1.89 bits per heavy atom. The van der Waals surface area contributed by atoms with Crippen LogP contribution in [0.25, 0.3) is 0 Å². The molecule has 0 aromatic heterocycles. The molecule has 1 saturated heterocycles. The van der Waals surface area contributed by atoms with E-state index in [0.717, 1.165) is 19.2 Å². The molecule has 1 aliphatic carbocycles. The summed E-state index contributed by atoms with van der Waals surface area (Å²) in [6.07, 6.45) is 2.53. The van der Waals surface area contributed by atoms with Gasteiger partial charge in [0.1, 0.15) is 11.6 Å². The molecule has 2 fully saturated rings. The lowest BCUT2D eigenvalue weighted by Gasteiger charge is -2.34. The van der Waals surface area contributed by atoms with Gasteiger partial charge < -0.3 is 10.0 Å². The van der Waals surface area contributed by atoms with E-state index in [2.05, 4.69) is 4.90 Å². The van der Waals surface area contributed by atoms with Crippen molar-refractivity contribution in [1.82, 2.24) is 9.80 Å². The van der Waals surface area contributed by atoms with Crippen molar-refractivity contribution in [2.75, 3.05) is 26.2 Å². The third-order valence-corrected chi connectivity index (χ3v) is 3.85. The molecule has 0 atom stereocenters. The highest BCUT2D eigenvalue weighted by atomic mass is 19.1. The number of phenolic OH excluding ortho intramolecular Hbond substituents is 1. The first-order chi connectivity index (χ1) is 9.15. The highest BCUT2D eigenvalue weighted by molar-refractivity contribution is 5.94. The van der Waals surface area contributed by atoms with Gasteiger partial charge in [-0.15, -0.1) is 0 Å². The van der Waals surface area contributed by atoms with Crippen molar-refractivity contribution < 1.29 is 14.3 Å². The van der Waals surface area contributed by atoms with Crippen LogP contribution in [0.1, 0.15) is 23.2 Å². The Morgan fingerprint density at radius 3 is 2.47 bits per heavy atom. The first kappa shape index (κ1) is 12.4. The van der Waals surface area contributed by atoms with Gasteiger partial charge in [0.2, 0.25) is 0 Å². The number of amides is 1. The average molecular weight is 264 g/mol. The second-order valence-corrected chi connectivity index (χ2v) is 5.22. The van der Waals surface area contributed by atoms with Gasteiger partial charge in [0.15, 0.2) is 0 Å². The zero-order chi connectivity index (χ0) is 13.4. The summed E-state index contributed by atoms with van der Waals surface area (Å²) >= 11 is 0. The Kier molecular flexibility index (Phi) is 3.14. The number of aromatic hydroxyl groups is 1. The van der Waals surface area contributed by atoms with Gasteiger partial charge in [-0.2, -0.15) is 0 Å². The van der Waals surface area contributed by atoms with Crippen LogP contribution in [0.15, 0.2) is 18.2 Å². The fraction of sp³-hybridized carbons (Fsp3) is 0.500. The maximum absolute atomic E-state index is 13.7. The number of phenols is 1. The Labute approximate surface area is 111 Å². The standard InChI is InChI=1S/C14H17FN2O2/c15-13-9-11(18)3-4-12(13)14(19)17-7-5-16(6-8-17)10-1-2-10/h3-4,9-10,18H,1-2,5-8H2. The zero-order valence-electron chi connectivity index (χ0n) is 10.7. The molecule has 0 unspecified atom stereocenters. The van der Waals surface area contributed by atoms with E-state index in [0.29, 0.717) is 19.1 Å². The van der Waals surface area contributed by atoms with E-state index in [-0.39, 0.29) is 17.2 Å². The van der Waals surface area contributed by atoms with E-state index in [4.69, 9.17) is 5.11 Å². The molecule has 3 rings (SSSR count). The number of hydrogen-bond acceptors (Lipinski definition) is 3. The average Bonchev–Trinajstić information content (AvgIpc) is 3.22. The number of rotatable bonds is 2. The quantitative estimate of drug-likeness (QED) is 0.879. The van der Waals surface area contributed by atoms with E-state index in [1.165, 1.54) is 25.0 Å². The van der Waals surface area contributed by atoms with Crippen LogP contribution in [0.4, 0.5) is 4.39 Å². The number of carbonyl (C=O) groups excluding carboxylic acids is 1. The zero-order valence-corrected chi connectivity index (χ0v) is 10.7. The minimum Gasteiger partial charge on any atom is -0.508 e. The largest absolute Gasteiger partial charge is 0.508 e. The Balaban J connectivity index is 1.67. The number of nitrogens with zero attached hydrogens (tertiary/aromatic N) is 2. The van der Waals surface area contributed by atoms with Gasteiger partial charge in [-0.3, -0.25) is 9.69 Å². The fourth-order valence-electron chi connectivity index (χ4n) is 2.58.